The van der Waals surface area contributed by atoms with Crippen molar-refractivity contribution in [1.29, 1.82) is 0 Å². The number of halogens is 1. The van der Waals surface area contributed by atoms with Crippen LogP contribution < -0.4 is 0 Å². The van der Waals surface area contributed by atoms with Crippen molar-refractivity contribution < 1.29 is 0 Å². The minimum absolute atomic E-state index is 0.357. The van der Waals surface area contributed by atoms with Crippen LogP contribution in [0.4, 0.5) is 0 Å². The van der Waals surface area contributed by atoms with Crippen molar-refractivity contribution in [3.8, 4) is 0 Å². The topological polar surface area (TPSA) is 30.2 Å². The molecule has 0 saturated heterocycles. The molecule has 0 aliphatic heterocycles. The number of imidazole rings is 1. The lowest BCUT2D eigenvalue weighted by Gasteiger charge is -2.16. The molecule has 0 bridgehead atoms. The summed E-state index contributed by atoms with van der Waals surface area (Å²) in [5.41, 5.74) is 3.38. The zero-order chi connectivity index (χ0) is 13.4. The SMILES string of the molecule is CC(C)c1ncc2c(Cl)ncc(C3=CC[CH]CC3)n12. The van der Waals surface area contributed by atoms with E-state index in [1.54, 1.807) is 0 Å². The highest BCUT2D eigenvalue weighted by Crippen LogP contribution is 2.30. The number of rotatable bonds is 2. The van der Waals surface area contributed by atoms with E-state index in [4.69, 9.17) is 11.6 Å². The summed E-state index contributed by atoms with van der Waals surface area (Å²) in [6, 6.07) is 0. The summed E-state index contributed by atoms with van der Waals surface area (Å²) in [5, 5.41) is 0.520. The van der Waals surface area contributed by atoms with Crippen molar-refractivity contribution in [2.24, 2.45) is 0 Å². The Kier molecular flexibility index (Phi) is 3.31. The van der Waals surface area contributed by atoms with Crippen LogP contribution in [0.5, 0.6) is 0 Å². The monoisotopic (exact) mass is 274 g/mol. The van der Waals surface area contributed by atoms with Gasteiger partial charge in [-0.2, -0.15) is 0 Å². The van der Waals surface area contributed by atoms with Gasteiger partial charge in [0.2, 0.25) is 0 Å². The van der Waals surface area contributed by atoms with Gasteiger partial charge in [-0.05, 0) is 31.3 Å². The van der Waals surface area contributed by atoms with E-state index in [-0.39, 0.29) is 0 Å². The van der Waals surface area contributed by atoms with E-state index < -0.39 is 0 Å². The fourth-order valence-electron chi connectivity index (χ4n) is 2.58. The molecule has 0 amide bonds. The van der Waals surface area contributed by atoms with Crippen molar-refractivity contribution in [3.05, 3.63) is 41.6 Å². The molecular formula is C15H17ClN3. The maximum atomic E-state index is 6.19. The molecule has 0 saturated carbocycles. The average molecular weight is 275 g/mol. The Labute approximate surface area is 118 Å². The van der Waals surface area contributed by atoms with Gasteiger partial charge in [-0.25, -0.2) is 9.97 Å². The molecule has 19 heavy (non-hydrogen) atoms. The molecule has 0 atom stereocenters. The van der Waals surface area contributed by atoms with Gasteiger partial charge in [0, 0.05) is 5.92 Å². The van der Waals surface area contributed by atoms with Gasteiger partial charge in [-0.15, -0.1) is 0 Å². The van der Waals surface area contributed by atoms with Crippen LogP contribution in [0.3, 0.4) is 0 Å². The molecule has 1 aliphatic rings. The normalized spacial score (nSPS) is 16.1. The van der Waals surface area contributed by atoms with Gasteiger partial charge in [0.15, 0.2) is 5.15 Å². The van der Waals surface area contributed by atoms with Crippen LogP contribution in [-0.2, 0) is 0 Å². The number of nitrogens with zero attached hydrogens (tertiary/aromatic N) is 3. The summed E-state index contributed by atoms with van der Waals surface area (Å²) in [6.45, 7) is 4.30. The Morgan fingerprint density at radius 1 is 1.26 bits per heavy atom. The molecule has 0 aromatic carbocycles. The third-order valence-corrected chi connectivity index (χ3v) is 3.83. The lowest BCUT2D eigenvalue weighted by molar-refractivity contribution is 0.762. The van der Waals surface area contributed by atoms with Crippen LogP contribution in [0.1, 0.15) is 50.5 Å². The number of aromatic nitrogens is 3. The highest BCUT2D eigenvalue weighted by molar-refractivity contribution is 6.32. The van der Waals surface area contributed by atoms with E-state index in [9.17, 15) is 0 Å². The Bertz CT molecular complexity index is 640. The van der Waals surface area contributed by atoms with Crippen molar-refractivity contribution in [1.82, 2.24) is 14.4 Å². The lowest BCUT2D eigenvalue weighted by atomic mass is 9.97. The van der Waals surface area contributed by atoms with Gasteiger partial charge >= 0.3 is 0 Å². The Balaban J connectivity index is 2.26. The van der Waals surface area contributed by atoms with Gasteiger partial charge < -0.3 is 0 Å². The molecular weight excluding hydrogens is 258 g/mol. The predicted octanol–water partition coefficient (Wildman–Crippen LogP) is 4.28. The second-order valence-electron chi connectivity index (χ2n) is 5.22. The van der Waals surface area contributed by atoms with Crippen molar-refractivity contribution in [2.45, 2.75) is 39.0 Å². The van der Waals surface area contributed by atoms with Crippen LogP contribution in [0.25, 0.3) is 11.1 Å². The summed E-state index contributed by atoms with van der Waals surface area (Å²) in [7, 11) is 0. The largest absolute Gasteiger partial charge is 0.292 e. The summed E-state index contributed by atoms with van der Waals surface area (Å²) in [6.07, 6.45) is 11.5. The molecule has 3 nitrogen and oxygen atoms in total. The zero-order valence-electron chi connectivity index (χ0n) is 11.2. The predicted molar refractivity (Wildman–Crippen MR) is 78.2 cm³/mol. The van der Waals surface area contributed by atoms with Crippen molar-refractivity contribution in [3.63, 3.8) is 0 Å². The second-order valence-corrected chi connectivity index (χ2v) is 5.58. The third-order valence-electron chi connectivity index (χ3n) is 3.54. The lowest BCUT2D eigenvalue weighted by Crippen LogP contribution is -2.06. The number of allylic oxidation sites excluding steroid dienone is 2. The van der Waals surface area contributed by atoms with Crippen LogP contribution in [0.2, 0.25) is 5.15 Å². The number of fused-ring (bicyclic) bond motifs is 1. The molecule has 0 fully saturated rings. The average Bonchev–Trinajstić information content (AvgIpc) is 2.86. The molecule has 2 heterocycles. The minimum atomic E-state index is 0.357. The summed E-state index contributed by atoms with van der Waals surface area (Å²) in [4.78, 5) is 8.82. The fourth-order valence-corrected chi connectivity index (χ4v) is 2.76. The fraction of sp³-hybridized carbons (Fsp3) is 0.400. The van der Waals surface area contributed by atoms with Crippen molar-refractivity contribution in [2.75, 3.05) is 0 Å². The molecule has 2 aromatic heterocycles. The third kappa shape index (κ3) is 2.16. The van der Waals surface area contributed by atoms with Crippen LogP contribution in [-0.4, -0.2) is 14.4 Å². The molecule has 0 unspecified atom stereocenters. The molecule has 99 valence electrons. The van der Waals surface area contributed by atoms with E-state index in [0.717, 1.165) is 36.3 Å². The smallest absolute Gasteiger partial charge is 0.154 e. The van der Waals surface area contributed by atoms with E-state index >= 15 is 0 Å². The first-order valence-corrected chi connectivity index (χ1v) is 7.09. The van der Waals surface area contributed by atoms with E-state index in [1.165, 1.54) is 5.57 Å². The van der Waals surface area contributed by atoms with Crippen LogP contribution >= 0.6 is 11.6 Å². The van der Waals surface area contributed by atoms with Crippen LogP contribution in [0.15, 0.2) is 18.5 Å². The van der Waals surface area contributed by atoms with Crippen LogP contribution in [0, 0.1) is 6.42 Å². The van der Waals surface area contributed by atoms with Gasteiger partial charge in [-0.3, -0.25) is 4.40 Å². The summed E-state index contributed by atoms with van der Waals surface area (Å²) in [5.74, 6) is 1.40. The van der Waals surface area contributed by atoms with E-state index in [2.05, 4.69) is 40.7 Å². The Morgan fingerprint density at radius 2 is 2.11 bits per heavy atom. The molecule has 0 N–H and O–H groups in total. The first kappa shape index (κ1) is 12.7. The maximum absolute atomic E-state index is 6.19. The first-order valence-electron chi connectivity index (χ1n) is 6.71. The van der Waals surface area contributed by atoms with Crippen molar-refractivity contribution >= 4 is 22.7 Å². The molecule has 3 rings (SSSR count). The molecule has 4 heteroatoms. The van der Waals surface area contributed by atoms with Gasteiger partial charge in [0.05, 0.1) is 18.1 Å². The maximum Gasteiger partial charge on any atom is 0.154 e. The first-order chi connectivity index (χ1) is 9.18. The molecule has 1 radical (unpaired) electrons. The minimum Gasteiger partial charge on any atom is -0.292 e. The van der Waals surface area contributed by atoms with E-state index in [0.29, 0.717) is 11.1 Å². The summed E-state index contributed by atoms with van der Waals surface area (Å²) < 4.78 is 2.16. The molecule has 2 aromatic rings. The standard InChI is InChI=1S/C15H17ClN3/c1-10(2)15-18-9-13-14(16)17-8-12(19(13)15)11-6-4-3-5-7-11/h3,6,8-10H,4-5,7H2,1-2H3. The van der Waals surface area contributed by atoms with E-state index in [1.807, 2.05) is 12.4 Å². The van der Waals surface area contributed by atoms with Gasteiger partial charge in [0.1, 0.15) is 11.3 Å². The zero-order valence-corrected chi connectivity index (χ0v) is 12.0. The number of hydrogen-bond donors (Lipinski definition) is 0. The number of hydrogen-bond acceptors (Lipinski definition) is 2. The second kappa shape index (κ2) is 4.97. The van der Waals surface area contributed by atoms with Gasteiger partial charge in [0.25, 0.3) is 0 Å². The quantitative estimate of drug-likeness (QED) is 0.818. The highest BCUT2D eigenvalue weighted by Gasteiger charge is 2.17. The Hall–Kier alpha value is -1.35. The highest BCUT2D eigenvalue weighted by atomic mass is 35.5. The molecule has 1 aliphatic carbocycles. The molecule has 0 spiro atoms. The summed E-state index contributed by atoms with van der Waals surface area (Å²) >= 11 is 6.19. The van der Waals surface area contributed by atoms with Gasteiger partial charge in [-0.1, -0.05) is 31.5 Å². The Morgan fingerprint density at radius 3 is 2.79 bits per heavy atom.